The van der Waals surface area contributed by atoms with Gasteiger partial charge in [0.2, 0.25) is 0 Å². The lowest BCUT2D eigenvalue weighted by molar-refractivity contribution is -0.174. The molecule has 0 fully saturated rings. The van der Waals surface area contributed by atoms with Crippen LogP contribution in [0.4, 0.5) is 24.5 Å². The van der Waals surface area contributed by atoms with E-state index in [0.717, 1.165) is 11.1 Å². The van der Waals surface area contributed by atoms with E-state index in [4.69, 9.17) is 4.84 Å². The Balaban J connectivity index is 2.36. The number of halogens is 3. The molecule has 0 radical (unpaired) electrons. The molecule has 0 amide bonds. The number of para-hydroxylation sites is 1. The number of aryl methyl sites for hydroxylation is 2. The van der Waals surface area contributed by atoms with Crippen LogP contribution in [0, 0.1) is 13.8 Å². The third-order valence-electron chi connectivity index (χ3n) is 2.92. The van der Waals surface area contributed by atoms with Crippen LogP contribution in [0.2, 0.25) is 0 Å². The van der Waals surface area contributed by atoms with Crippen LogP contribution in [0.3, 0.4) is 0 Å². The summed E-state index contributed by atoms with van der Waals surface area (Å²) in [7, 11) is 0. The molecule has 2 rings (SSSR count). The first-order chi connectivity index (χ1) is 9.87. The van der Waals surface area contributed by atoms with Crippen molar-refractivity contribution in [3.63, 3.8) is 0 Å². The molecule has 2 aromatic carbocycles. The molecule has 0 saturated carbocycles. The van der Waals surface area contributed by atoms with Crippen LogP contribution in [-0.4, -0.2) is 12.8 Å². The lowest BCUT2D eigenvalue weighted by atomic mass is 10.1. The fourth-order valence-corrected chi connectivity index (χ4v) is 2.02. The fourth-order valence-electron chi connectivity index (χ4n) is 2.02. The van der Waals surface area contributed by atoms with E-state index in [0.29, 0.717) is 11.4 Å². The Morgan fingerprint density at radius 1 is 1.00 bits per heavy atom. The molecular weight excluding hydrogens is 279 g/mol. The number of alkyl halides is 3. The molecule has 0 aliphatic rings. The summed E-state index contributed by atoms with van der Waals surface area (Å²) < 4.78 is 37.4. The van der Waals surface area contributed by atoms with Gasteiger partial charge >= 0.3 is 6.18 Å². The number of hydrogen-bond donors (Lipinski definition) is 0. The lowest BCUT2D eigenvalue weighted by Crippen LogP contribution is -2.26. The van der Waals surface area contributed by atoms with Crippen molar-refractivity contribution in [2.24, 2.45) is 0 Å². The second-order valence-electron chi connectivity index (χ2n) is 4.81. The van der Waals surface area contributed by atoms with E-state index in [1.165, 1.54) is 5.06 Å². The molecule has 0 aliphatic heterocycles. The third kappa shape index (κ3) is 4.23. The minimum Gasteiger partial charge on any atom is -0.259 e. The van der Waals surface area contributed by atoms with Gasteiger partial charge in [-0.25, -0.2) is 5.06 Å². The van der Waals surface area contributed by atoms with Gasteiger partial charge in [-0.2, -0.15) is 13.2 Å². The first kappa shape index (κ1) is 15.4. The molecule has 0 saturated heterocycles. The SMILES string of the molecule is Cc1ccc(N(OCC(F)(F)F)c2ccccc2)c(C)c1. The van der Waals surface area contributed by atoms with Crippen molar-refractivity contribution in [3.8, 4) is 0 Å². The van der Waals surface area contributed by atoms with Gasteiger partial charge in [-0.3, -0.25) is 4.84 Å². The molecule has 0 bridgehead atoms. The van der Waals surface area contributed by atoms with Crippen molar-refractivity contribution in [2.45, 2.75) is 20.0 Å². The van der Waals surface area contributed by atoms with Gasteiger partial charge in [-0.15, -0.1) is 0 Å². The van der Waals surface area contributed by atoms with Crippen LogP contribution in [0.5, 0.6) is 0 Å². The normalized spacial score (nSPS) is 11.5. The van der Waals surface area contributed by atoms with Crippen molar-refractivity contribution in [1.82, 2.24) is 0 Å². The molecular formula is C16H16F3NO. The van der Waals surface area contributed by atoms with E-state index >= 15 is 0 Å². The van der Waals surface area contributed by atoms with E-state index in [1.54, 1.807) is 36.4 Å². The lowest BCUT2D eigenvalue weighted by Gasteiger charge is -2.26. The topological polar surface area (TPSA) is 12.5 Å². The molecule has 0 heterocycles. The Kier molecular flexibility index (Phi) is 4.53. The van der Waals surface area contributed by atoms with Crippen LogP contribution in [0.25, 0.3) is 0 Å². The van der Waals surface area contributed by atoms with Crippen LogP contribution < -0.4 is 5.06 Å². The molecule has 0 atom stereocenters. The third-order valence-corrected chi connectivity index (χ3v) is 2.92. The number of nitrogens with zero attached hydrogens (tertiary/aromatic N) is 1. The summed E-state index contributed by atoms with van der Waals surface area (Å²) in [5.74, 6) is 0. The maximum atomic E-state index is 12.5. The monoisotopic (exact) mass is 295 g/mol. The molecule has 0 N–H and O–H groups in total. The molecule has 0 spiro atoms. The number of benzene rings is 2. The Labute approximate surface area is 121 Å². The van der Waals surface area contributed by atoms with Gasteiger partial charge in [0.1, 0.15) is 0 Å². The largest absolute Gasteiger partial charge is 0.414 e. The summed E-state index contributed by atoms with van der Waals surface area (Å²) in [6.07, 6.45) is -4.38. The summed E-state index contributed by atoms with van der Waals surface area (Å²) in [6.45, 7) is 2.44. The minimum atomic E-state index is -4.38. The molecule has 112 valence electrons. The van der Waals surface area contributed by atoms with E-state index in [2.05, 4.69) is 0 Å². The molecule has 0 unspecified atom stereocenters. The van der Waals surface area contributed by atoms with Gasteiger partial charge in [-0.1, -0.05) is 35.9 Å². The zero-order chi connectivity index (χ0) is 15.5. The van der Waals surface area contributed by atoms with Crippen molar-refractivity contribution in [1.29, 1.82) is 0 Å². The Morgan fingerprint density at radius 2 is 1.67 bits per heavy atom. The van der Waals surface area contributed by atoms with Gasteiger partial charge in [-0.05, 0) is 37.6 Å². The van der Waals surface area contributed by atoms with E-state index < -0.39 is 12.8 Å². The summed E-state index contributed by atoms with van der Waals surface area (Å²) in [5, 5.41) is 1.22. The van der Waals surface area contributed by atoms with Crippen molar-refractivity contribution in [2.75, 3.05) is 11.7 Å². The fraction of sp³-hybridized carbons (Fsp3) is 0.250. The summed E-state index contributed by atoms with van der Waals surface area (Å²) in [6, 6.07) is 14.2. The first-order valence-corrected chi connectivity index (χ1v) is 6.49. The average Bonchev–Trinajstić information content (AvgIpc) is 2.41. The van der Waals surface area contributed by atoms with Crippen LogP contribution in [-0.2, 0) is 4.84 Å². The smallest absolute Gasteiger partial charge is 0.259 e. The molecule has 5 heteroatoms. The predicted molar refractivity (Wildman–Crippen MR) is 76.5 cm³/mol. The van der Waals surface area contributed by atoms with Crippen LogP contribution >= 0.6 is 0 Å². The Bertz CT molecular complexity index is 596. The van der Waals surface area contributed by atoms with Gasteiger partial charge in [0.15, 0.2) is 6.61 Å². The predicted octanol–water partition coefficient (Wildman–Crippen LogP) is 4.94. The number of hydrogen-bond acceptors (Lipinski definition) is 2. The summed E-state index contributed by atoms with van der Waals surface area (Å²) in [4.78, 5) is 5.01. The Morgan fingerprint density at radius 3 is 2.24 bits per heavy atom. The molecule has 0 aromatic heterocycles. The number of rotatable bonds is 4. The summed E-state index contributed by atoms with van der Waals surface area (Å²) in [5.41, 5.74) is 3.03. The highest BCUT2D eigenvalue weighted by Gasteiger charge is 2.30. The van der Waals surface area contributed by atoms with E-state index in [-0.39, 0.29) is 0 Å². The van der Waals surface area contributed by atoms with Crippen LogP contribution in [0.15, 0.2) is 48.5 Å². The number of anilines is 2. The maximum absolute atomic E-state index is 12.5. The molecule has 0 aliphatic carbocycles. The maximum Gasteiger partial charge on any atom is 0.414 e. The first-order valence-electron chi connectivity index (χ1n) is 6.49. The second kappa shape index (κ2) is 6.18. The zero-order valence-corrected chi connectivity index (χ0v) is 11.8. The molecule has 2 aromatic rings. The highest BCUT2D eigenvalue weighted by atomic mass is 19.4. The van der Waals surface area contributed by atoms with Gasteiger partial charge < -0.3 is 0 Å². The minimum absolute atomic E-state index is 0.550. The van der Waals surface area contributed by atoms with Crippen molar-refractivity contribution < 1.29 is 18.0 Å². The van der Waals surface area contributed by atoms with Gasteiger partial charge in [0.25, 0.3) is 0 Å². The van der Waals surface area contributed by atoms with E-state index in [1.807, 2.05) is 26.0 Å². The van der Waals surface area contributed by atoms with Gasteiger partial charge in [0.05, 0.1) is 11.4 Å². The zero-order valence-electron chi connectivity index (χ0n) is 11.8. The van der Waals surface area contributed by atoms with Crippen molar-refractivity contribution >= 4 is 11.4 Å². The standard InChI is InChI=1S/C16H16F3NO/c1-12-8-9-15(13(2)10-12)20(21-11-16(17,18)19)14-6-4-3-5-7-14/h3-10H,11H2,1-2H3. The second-order valence-corrected chi connectivity index (χ2v) is 4.81. The molecule has 21 heavy (non-hydrogen) atoms. The highest BCUT2D eigenvalue weighted by molar-refractivity contribution is 5.64. The summed E-state index contributed by atoms with van der Waals surface area (Å²) >= 11 is 0. The van der Waals surface area contributed by atoms with E-state index in [9.17, 15) is 13.2 Å². The van der Waals surface area contributed by atoms with Crippen LogP contribution in [0.1, 0.15) is 11.1 Å². The van der Waals surface area contributed by atoms with Gasteiger partial charge in [0, 0.05) is 0 Å². The van der Waals surface area contributed by atoms with Crippen molar-refractivity contribution in [3.05, 3.63) is 59.7 Å². The Hall–Kier alpha value is -2.01. The molecule has 2 nitrogen and oxygen atoms in total. The average molecular weight is 295 g/mol. The highest BCUT2D eigenvalue weighted by Crippen LogP contribution is 2.30. The quantitative estimate of drug-likeness (QED) is 0.741.